The second kappa shape index (κ2) is 9.70. The minimum atomic E-state index is -0.531. The Labute approximate surface area is 190 Å². The maximum atomic E-state index is 13.1. The van der Waals surface area contributed by atoms with Gasteiger partial charge in [0.2, 0.25) is 0 Å². The van der Waals surface area contributed by atoms with Crippen LogP contribution in [-0.4, -0.2) is 18.0 Å². The number of halogens is 1. The predicted octanol–water partition coefficient (Wildman–Crippen LogP) is 3.90. The van der Waals surface area contributed by atoms with E-state index in [4.69, 9.17) is 16.2 Å². The zero-order valence-electron chi connectivity index (χ0n) is 17.9. The Morgan fingerprint density at radius 1 is 1.00 bits per heavy atom. The van der Waals surface area contributed by atoms with Gasteiger partial charge in [-0.05, 0) is 53.4 Å². The van der Waals surface area contributed by atoms with Gasteiger partial charge in [0.05, 0.1) is 11.4 Å². The van der Waals surface area contributed by atoms with Gasteiger partial charge in [-0.1, -0.05) is 36.4 Å². The maximum absolute atomic E-state index is 13.1. The fourth-order valence-corrected chi connectivity index (χ4v) is 3.45. The third-order valence-corrected chi connectivity index (χ3v) is 5.53. The van der Waals surface area contributed by atoms with Crippen molar-refractivity contribution in [2.24, 2.45) is 5.73 Å². The lowest BCUT2D eigenvalue weighted by Crippen LogP contribution is -2.23. The quantitative estimate of drug-likeness (QED) is 0.409. The van der Waals surface area contributed by atoms with Gasteiger partial charge in [0.15, 0.2) is 0 Å². The van der Waals surface area contributed by atoms with Gasteiger partial charge in [0.25, 0.3) is 5.91 Å². The van der Waals surface area contributed by atoms with Crippen molar-refractivity contribution in [3.63, 3.8) is 0 Å². The Balaban J connectivity index is 1.22. The molecule has 8 heteroatoms. The number of alkyl carbamates (subject to hydrolysis) is 1. The van der Waals surface area contributed by atoms with Crippen LogP contribution in [0, 0.1) is 5.82 Å². The highest BCUT2D eigenvalue weighted by Crippen LogP contribution is 2.38. The van der Waals surface area contributed by atoms with Crippen LogP contribution in [0.2, 0.25) is 0 Å². The molecule has 0 bridgehead atoms. The average Bonchev–Trinajstić information content (AvgIpc) is 3.55. The van der Waals surface area contributed by atoms with Crippen molar-refractivity contribution < 1.29 is 18.7 Å². The van der Waals surface area contributed by atoms with Crippen LogP contribution in [0.25, 0.3) is 0 Å². The van der Waals surface area contributed by atoms with E-state index in [1.165, 1.54) is 17.7 Å². The van der Waals surface area contributed by atoms with Crippen molar-refractivity contribution in [1.29, 1.82) is 0 Å². The van der Waals surface area contributed by atoms with E-state index in [1.807, 2.05) is 24.3 Å². The molecule has 0 spiro atoms. The molecular formula is C25H25FN4O3. The van der Waals surface area contributed by atoms with E-state index in [-0.39, 0.29) is 30.8 Å². The molecule has 7 nitrogen and oxygen atoms in total. The molecule has 1 aliphatic rings. The number of ether oxygens (including phenoxy) is 1. The number of benzene rings is 3. The van der Waals surface area contributed by atoms with Crippen molar-refractivity contribution in [2.45, 2.75) is 31.5 Å². The first-order valence-electron chi connectivity index (χ1n) is 10.6. The lowest BCUT2D eigenvalue weighted by Gasteiger charge is -2.10. The van der Waals surface area contributed by atoms with Crippen LogP contribution in [0.15, 0.2) is 66.7 Å². The molecule has 0 saturated heterocycles. The largest absolute Gasteiger partial charge is 0.445 e. The number of anilines is 2. The normalized spacial score (nSPS) is 16.7. The molecule has 33 heavy (non-hydrogen) atoms. The molecule has 170 valence electrons. The zero-order chi connectivity index (χ0) is 23.4. The Morgan fingerprint density at radius 2 is 1.67 bits per heavy atom. The molecule has 0 aromatic heterocycles. The van der Waals surface area contributed by atoms with Gasteiger partial charge in [-0.15, -0.1) is 0 Å². The van der Waals surface area contributed by atoms with Crippen LogP contribution in [-0.2, 0) is 17.9 Å². The minimum Gasteiger partial charge on any atom is -0.445 e. The Kier molecular flexibility index (Phi) is 6.55. The summed E-state index contributed by atoms with van der Waals surface area (Å²) in [7, 11) is 0. The number of nitrogens with one attached hydrogen (secondary N) is 2. The Hall–Kier alpha value is -3.91. The minimum absolute atomic E-state index is 0.144. The summed E-state index contributed by atoms with van der Waals surface area (Å²) in [5.41, 5.74) is 15.4. The summed E-state index contributed by atoms with van der Waals surface area (Å²) in [6.45, 7) is 0.429. The van der Waals surface area contributed by atoms with Crippen molar-refractivity contribution in [1.82, 2.24) is 5.32 Å². The van der Waals surface area contributed by atoms with E-state index in [1.54, 1.807) is 24.3 Å². The summed E-state index contributed by atoms with van der Waals surface area (Å²) in [6, 6.07) is 18.7. The van der Waals surface area contributed by atoms with Crippen molar-refractivity contribution in [3.05, 3.63) is 94.8 Å². The molecule has 4 rings (SSSR count). The molecule has 0 heterocycles. The van der Waals surface area contributed by atoms with Crippen LogP contribution < -0.4 is 22.1 Å². The second-order valence-corrected chi connectivity index (χ2v) is 8.06. The van der Waals surface area contributed by atoms with E-state index in [2.05, 4.69) is 10.6 Å². The number of carbonyl (C=O) groups excluding carboxylic acids is 2. The summed E-state index contributed by atoms with van der Waals surface area (Å²) < 4.78 is 18.4. The summed E-state index contributed by atoms with van der Waals surface area (Å²) >= 11 is 0. The van der Waals surface area contributed by atoms with Gasteiger partial charge >= 0.3 is 6.09 Å². The van der Waals surface area contributed by atoms with Crippen molar-refractivity contribution >= 4 is 23.4 Å². The van der Waals surface area contributed by atoms with Gasteiger partial charge in [-0.2, -0.15) is 0 Å². The molecule has 2 atom stereocenters. The van der Waals surface area contributed by atoms with E-state index in [0.29, 0.717) is 17.2 Å². The molecule has 0 aliphatic heterocycles. The van der Waals surface area contributed by atoms with E-state index in [0.717, 1.165) is 23.6 Å². The maximum Gasteiger partial charge on any atom is 0.407 e. The first-order valence-corrected chi connectivity index (χ1v) is 10.6. The first-order chi connectivity index (χ1) is 15.9. The van der Waals surface area contributed by atoms with E-state index in [9.17, 15) is 14.0 Å². The average molecular weight is 448 g/mol. The molecule has 0 radical (unpaired) electrons. The molecule has 2 amide bonds. The number of amides is 2. The number of nitrogen functional groups attached to an aromatic ring is 1. The summed E-state index contributed by atoms with van der Waals surface area (Å²) in [6.07, 6.45) is 0.490. The number of rotatable bonds is 7. The van der Waals surface area contributed by atoms with Gasteiger partial charge in [-0.25, -0.2) is 9.18 Å². The number of nitrogens with two attached hydrogens (primary N) is 2. The summed E-state index contributed by atoms with van der Waals surface area (Å²) in [5.74, 6) is -0.402. The van der Waals surface area contributed by atoms with Crippen LogP contribution in [0.3, 0.4) is 0 Å². The molecule has 1 saturated carbocycles. The Bertz CT molecular complexity index is 1150. The molecule has 2 unspecified atom stereocenters. The molecular weight excluding hydrogens is 423 g/mol. The van der Waals surface area contributed by atoms with Gasteiger partial charge in [-0.3, -0.25) is 4.79 Å². The fraction of sp³-hybridized carbons (Fsp3) is 0.200. The van der Waals surface area contributed by atoms with Gasteiger partial charge < -0.3 is 26.8 Å². The standard InChI is InChI=1S/C25H25FN4O3/c26-19-9-10-23(22(28)11-19)30-24(31)18-7-1-15(2-8-18)13-29-25(32)33-14-16-3-5-17(6-4-16)20-12-21(20)27/h1-11,20-21H,12-14,27-28H2,(H,29,32)(H,30,31). The van der Waals surface area contributed by atoms with E-state index < -0.39 is 11.9 Å². The topological polar surface area (TPSA) is 119 Å². The lowest BCUT2D eigenvalue weighted by atomic mass is 10.1. The van der Waals surface area contributed by atoms with Crippen LogP contribution in [0.5, 0.6) is 0 Å². The predicted molar refractivity (Wildman–Crippen MR) is 124 cm³/mol. The van der Waals surface area contributed by atoms with E-state index >= 15 is 0 Å². The molecule has 1 fully saturated rings. The second-order valence-electron chi connectivity index (χ2n) is 8.06. The molecule has 3 aromatic carbocycles. The van der Waals surface area contributed by atoms with Crippen LogP contribution in [0.1, 0.15) is 39.4 Å². The number of hydrogen-bond acceptors (Lipinski definition) is 5. The molecule has 3 aromatic rings. The van der Waals surface area contributed by atoms with Gasteiger partial charge in [0, 0.05) is 24.1 Å². The SMILES string of the molecule is Nc1cc(F)ccc1NC(=O)c1ccc(CNC(=O)OCc2ccc(C3CC3N)cc2)cc1. The monoisotopic (exact) mass is 448 g/mol. The summed E-state index contributed by atoms with van der Waals surface area (Å²) in [5, 5.41) is 5.33. The number of hydrogen-bond donors (Lipinski definition) is 4. The van der Waals surface area contributed by atoms with Crippen molar-refractivity contribution in [3.8, 4) is 0 Å². The first kappa shape index (κ1) is 22.3. The van der Waals surface area contributed by atoms with Crippen molar-refractivity contribution in [2.75, 3.05) is 11.1 Å². The smallest absolute Gasteiger partial charge is 0.407 e. The highest BCUT2D eigenvalue weighted by atomic mass is 19.1. The zero-order valence-corrected chi connectivity index (χ0v) is 17.9. The fourth-order valence-electron chi connectivity index (χ4n) is 3.45. The molecule has 6 N–H and O–H groups in total. The van der Waals surface area contributed by atoms with Gasteiger partial charge in [0.1, 0.15) is 12.4 Å². The number of carbonyl (C=O) groups is 2. The summed E-state index contributed by atoms with van der Waals surface area (Å²) in [4.78, 5) is 24.4. The third-order valence-electron chi connectivity index (χ3n) is 5.53. The molecule has 1 aliphatic carbocycles. The highest BCUT2D eigenvalue weighted by Gasteiger charge is 2.34. The highest BCUT2D eigenvalue weighted by molar-refractivity contribution is 6.05. The lowest BCUT2D eigenvalue weighted by molar-refractivity contribution is 0.102. The van der Waals surface area contributed by atoms with Crippen LogP contribution >= 0.6 is 0 Å². The Morgan fingerprint density at radius 3 is 2.30 bits per heavy atom. The van der Waals surface area contributed by atoms with Crippen LogP contribution in [0.4, 0.5) is 20.6 Å². The third kappa shape index (κ3) is 5.87.